The number of aryl methyl sites for hydroxylation is 3. The molecule has 0 amide bonds. The fourth-order valence-corrected chi connectivity index (χ4v) is 5.35. The molecule has 0 heterocycles. The lowest BCUT2D eigenvalue weighted by Gasteiger charge is -2.30. The van der Waals surface area contributed by atoms with Crippen LogP contribution in [-0.4, -0.2) is 7.05 Å². The van der Waals surface area contributed by atoms with Crippen LogP contribution in [0.4, 0.5) is 0 Å². The second-order valence-electron chi connectivity index (χ2n) is 9.55. The van der Waals surface area contributed by atoms with E-state index < -0.39 is 0 Å². The van der Waals surface area contributed by atoms with Crippen LogP contribution in [0, 0.1) is 13.8 Å². The molecule has 1 atom stereocenters. The maximum atomic E-state index is 4.23. The normalized spacial score (nSPS) is 20.2. The number of allylic oxidation sites excluding steroid dienone is 3. The van der Waals surface area contributed by atoms with E-state index in [9.17, 15) is 0 Å². The van der Waals surface area contributed by atoms with Gasteiger partial charge in [-0.25, -0.2) is 0 Å². The zero-order chi connectivity index (χ0) is 23.1. The molecular formula is C31H41N. The Morgan fingerprint density at radius 2 is 1.72 bits per heavy atom. The highest BCUT2D eigenvalue weighted by Crippen LogP contribution is 2.42. The summed E-state index contributed by atoms with van der Waals surface area (Å²) in [5, 5.41) is 3.17. The topological polar surface area (TPSA) is 12.0 Å². The van der Waals surface area contributed by atoms with Gasteiger partial charge in [0, 0.05) is 19.2 Å². The molecule has 1 unspecified atom stereocenters. The number of nitrogens with one attached hydrogen (secondary N) is 1. The minimum atomic E-state index is 0.391. The third-order valence-corrected chi connectivity index (χ3v) is 7.18. The molecule has 2 aliphatic carbocycles. The minimum Gasteiger partial charge on any atom is -0.394 e. The standard InChI is InChI=1S/C19H25N.C12H16/c1-6-16-11-17(8-7-14(16)3)18-10-13(2)9-15(4)19(18)12-20-5;1-10-6-2-5-9-12(10)11-7-3-4-8-11/h7-8,11-12,18,20H,2,4,6,9-10H2,1,3,5H3;2,5-6,9,11H,3-4,7-8H2,1H3/b19-12+;. The SMILES string of the molecule is C=C1CC(=C)/C(=C\NC)C(c2ccc(C)c(CC)c2)C1.Cc1ccccc1C1CCCC1. The summed E-state index contributed by atoms with van der Waals surface area (Å²) in [7, 11) is 1.95. The van der Waals surface area contributed by atoms with Crippen molar-refractivity contribution in [3.8, 4) is 0 Å². The fraction of sp³-hybridized carbons (Fsp3) is 0.419. The first-order chi connectivity index (χ1) is 15.4. The van der Waals surface area contributed by atoms with Crippen molar-refractivity contribution in [2.45, 2.75) is 77.6 Å². The molecule has 0 radical (unpaired) electrons. The van der Waals surface area contributed by atoms with Gasteiger partial charge >= 0.3 is 0 Å². The summed E-state index contributed by atoms with van der Waals surface area (Å²) < 4.78 is 0. The Balaban J connectivity index is 0.000000204. The number of hydrogen-bond donors (Lipinski definition) is 1. The lowest BCUT2D eigenvalue weighted by Crippen LogP contribution is -2.15. The van der Waals surface area contributed by atoms with Gasteiger partial charge in [-0.2, -0.15) is 0 Å². The molecule has 32 heavy (non-hydrogen) atoms. The molecule has 4 rings (SSSR count). The molecular weight excluding hydrogens is 386 g/mol. The zero-order valence-electron chi connectivity index (χ0n) is 20.6. The van der Waals surface area contributed by atoms with E-state index in [1.165, 1.54) is 64.7 Å². The molecule has 1 heteroatoms. The summed E-state index contributed by atoms with van der Waals surface area (Å²) in [5.74, 6) is 1.26. The summed E-state index contributed by atoms with van der Waals surface area (Å²) in [5.41, 5.74) is 11.1. The molecule has 0 aliphatic heterocycles. The third-order valence-electron chi connectivity index (χ3n) is 7.18. The Hall–Kier alpha value is -2.54. The summed E-state index contributed by atoms with van der Waals surface area (Å²) >= 11 is 0. The Bertz CT molecular complexity index is 972. The first-order valence-electron chi connectivity index (χ1n) is 12.3. The number of rotatable bonds is 4. The van der Waals surface area contributed by atoms with E-state index in [1.54, 1.807) is 5.56 Å². The number of benzene rings is 2. The van der Waals surface area contributed by atoms with E-state index >= 15 is 0 Å². The van der Waals surface area contributed by atoms with E-state index in [-0.39, 0.29) is 0 Å². The lowest BCUT2D eigenvalue weighted by atomic mass is 9.75. The van der Waals surface area contributed by atoms with Crippen LogP contribution in [-0.2, 0) is 6.42 Å². The fourth-order valence-electron chi connectivity index (χ4n) is 5.35. The monoisotopic (exact) mass is 427 g/mol. The van der Waals surface area contributed by atoms with Gasteiger partial charge in [-0.05, 0) is 90.8 Å². The van der Waals surface area contributed by atoms with Crippen molar-refractivity contribution in [1.82, 2.24) is 5.32 Å². The summed E-state index contributed by atoms with van der Waals surface area (Å²) in [4.78, 5) is 0. The van der Waals surface area contributed by atoms with Crippen molar-refractivity contribution < 1.29 is 0 Å². The van der Waals surface area contributed by atoms with Crippen LogP contribution in [0.5, 0.6) is 0 Å². The average molecular weight is 428 g/mol. The molecule has 2 fully saturated rings. The largest absolute Gasteiger partial charge is 0.394 e. The quantitative estimate of drug-likeness (QED) is 0.484. The van der Waals surface area contributed by atoms with E-state index in [1.807, 2.05) is 7.05 Å². The van der Waals surface area contributed by atoms with Crippen molar-refractivity contribution in [3.05, 3.63) is 106 Å². The highest BCUT2D eigenvalue weighted by molar-refractivity contribution is 5.47. The third kappa shape index (κ3) is 5.82. The van der Waals surface area contributed by atoms with Gasteiger partial charge in [-0.3, -0.25) is 0 Å². The predicted molar refractivity (Wildman–Crippen MR) is 140 cm³/mol. The Morgan fingerprint density at radius 3 is 2.38 bits per heavy atom. The first kappa shape index (κ1) is 24.1. The summed E-state index contributed by atoms with van der Waals surface area (Å²) in [6.07, 6.45) is 10.8. The first-order valence-corrected chi connectivity index (χ1v) is 12.3. The zero-order valence-corrected chi connectivity index (χ0v) is 20.6. The molecule has 0 aromatic heterocycles. The molecule has 1 nitrogen and oxygen atoms in total. The van der Waals surface area contributed by atoms with Gasteiger partial charge in [0.2, 0.25) is 0 Å². The van der Waals surface area contributed by atoms with E-state index in [4.69, 9.17) is 0 Å². The summed E-state index contributed by atoms with van der Waals surface area (Å²) in [6, 6.07) is 15.7. The lowest BCUT2D eigenvalue weighted by molar-refractivity contribution is 0.714. The predicted octanol–water partition coefficient (Wildman–Crippen LogP) is 8.30. The average Bonchev–Trinajstić information content (AvgIpc) is 3.31. The van der Waals surface area contributed by atoms with Gasteiger partial charge in [-0.15, -0.1) is 0 Å². The van der Waals surface area contributed by atoms with Crippen LogP contribution in [0.2, 0.25) is 0 Å². The Kier molecular flexibility index (Phi) is 8.56. The van der Waals surface area contributed by atoms with Crippen LogP contribution >= 0.6 is 0 Å². The Morgan fingerprint density at radius 1 is 1.00 bits per heavy atom. The molecule has 0 spiro atoms. The molecule has 2 saturated carbocycles. The highest BCUT2D eigenvalue weighted by atomic mass is 14.8. The molecule has 170 valence electrons. The van der Waals surface area contributed by atoms with Crippen molar-refractivity contribution in [2.75, 3.05) is 7.05 Å². The molecule has 0 saturated heterocycles. The van der Waals surface area contributed by atoms with E-state index in [0.29, 0.717) is 5.92 Å². The van der Waals surface area contributed by atoms with E-state index in [0.717, 1.165) is 25.2 Å². The van der Waals surface area contributed by atoms with Crippen molar-refractivity contribution in [1.29, 1.82) is 0 Å². The molecule has 2 aromatic rings. The molecule has 0 bridgehead atoms. The molecule has 2 aromatic carbocycles. The molecule has 1 N–H and O–H groups in total. The van der Waals surface area contributed by atoms with Crippen LogP contribution in [0.15, 0.2) is 78.5 Å². The summed E-state index contributed by atoms with van der Waals surface area (Å²) in [6.45, 7) is 15.1. The highest BCUT2D eigenvalue weighted by Gasteiger charge is 2.25. The van der Waals surface area contributed by atoms with Gasteiger partial charge in [-0.1, -0.05) is 81.0 Å². The molecule has 2 aliphatic rings. The second kappa shape index (κ2) is 11.4. The van der Waals surface area contributed by atoms with Crippen LogP contribution < -0.4 is 5.32 Å². The number of hydrogen-bond acceptors (Lipinski definition) is 1. The van der Waals surface area contributed by atoms with Gasteiger partial charge in [0.05, 0.1) is 0 Å². The maximum absolute atomic E-state index is 4.23. The van der Waals surface area contributed by atoms with Gasteiger partial charge in [0.15, 0.2) is 0 Å². The van der Waals surface area contributed by atoms with Crippen LogP contribution in [0.3, 0.4) is 0 Å². The van der Waals surface area contributed by atoms with Crippen LogP contribution in [0.25, 0.3) is 0 Å². The van der Waals surface area contributed by atoms with Crippen molar-refractivity contribution in [2.24, 2.45) is 0 Å². The minimum absolute atomic E-state index is 0.391. The smallest absolute Gasteiger partial charge is 0.0143 e. The van der Waals surface area contributed by atoms with Gasteiger partial charge in [0.1, 0.15) is 0 Å². The second-order valence-corrected chi connectivity index (χ2v) is 9.55. The van der Waals surface area contributed by atoms with Crippen molar-refractivity contribution in [3.63, 3.8) is 0 Å². The van der Waals surface area contributed by atoms with E-state index in [2.05, 4.69) is 87.9 Å². The van der Waals surface area contributed by atoms with Gasteiger partial charge in [0.25, 0.3) is 0 Å². The van der Waals surface area contributed by atoms with Crippen LogP contribution in [0.1, 0.15) is 85.1 Å². The maximum Gasteiger partial charge on any atom is 0.0143 e. The Labute approximate surface area is 196 Å². The van der Waals surface area contributed by atoms with Gasteiger partial charge < -0.3 is 5.32 Å². The van der Waals surface area contributed by atoms with Crippen molar-refractivity contribution >= 4 is 0 Å².